The van der Waals surface area contributed by atoms with Gasteiger partial charge in [0.25, 0.3) is 6.43 Å². The molecular weight excluding hydrogens is 308 g/mol. The van der Waals surface area contributed by atoms with E-state index in [1.165, 1.54) is 4.90 Å². The van der Waals surface area contributed by atoms with Crippen LogP contribution in [0.5, 0.6) is 0 Å². The number of alkyl halides is 2. The molecule has 0 unspecified atom stereocenters. The van der Waals surface area contributed by atoms with E-state index in [-0.39, 0.29) is 13.2 Å². The van der Waals surface area contributed by atoms with E-state index in [2.05, 4.69) is 15.9 Å². The summed E-state index contributed by atoms with van der Waals surface area (Å²) in [5.41, 5.74) is 1.28. The number of halogens is 3. The van der Waals surface area contributed by atoms with Crippen LogP contribution in [0.15, 0.2) is 22.7 Å². The van der Waals surface area contributed by atoms with Crippen molar-refractivity contribution in [2.75, 3.05) is 24.6 Å². The molecule has 0 aromatic heterocycles. The molecule has 1 aromatic carbocycles. The highest BCUT2D eigenvalue weighted by molar-refractivity contribution is 9.10. The molecule has 18 heavy (non-hydrogen) atoms. The summed E-state index contributed by atoms with van der Waals surface area (Å²) >= 11 is 3.30. The molecule has 2 N–H and O–H groups in total. The van der Waals surface area contributed by atoms with E-state index in [0.717, 1.165) is 0 Å². The van der Waals surface area contributed by atoms with Gasteiger partial charge in [-0.15, -0.1) is 0 Å². The van der Waals surface area contributed by atoms with Crippen LogP contribution in [0.2, 0.25) is 0 Å². The number of benzene rings is 1. The minimum atomic E-state index is -2.47. The number of anilines is 1. The molecule has 102 valence electrons. The molecule has 0 fully saturated rings. The summed E-state index contributed by atoms with van der Waals surface area (Å²) < 4.78 is 25.5. The molecule has 1 atom stereocenters. The number of aliphatic hydroxyl groups excluding tert-OH is 2. The molecular formula is C12H16BrF2NO2. The minimum absolute atomic E-state index is 0.136. The Balaban J connectivity index is 2.97. The fraction of sp³-hybridized carbons (Fsp3) is 0.500. The maximum absolute atomic E-state index is 12.5. The Labute approximate surface area is 113 Å². The predicted octanol–water partition coefficient (Wildman–Crippen LogP) is 2.57. The Morgan fingerprint density at radius 3 is 2.50 bits per heavy atom. The van der Waals surface area contributed by atoms with Crippen LogP contribution in [0.4, 0.5) is 14.5 Å². The summed E-state index contributed by atoms with van der Waals surface area (Å²) in [6.45, 7) is 1.13. The second-order valence-electron chi connectivity index (χ2n) is 3.95. The van der Waals surface area contributed by atoms with Gasteiger partial charge >= 0.3 is 0 Å². The maximum atomic E-state index is 12.5. The van der Waals surface area contributed by atoms with Crippen LogP contribution in [-0.2, 0) is 0 Å². The van der Waals surface area contributed by atoms with Gasteiger partial charge in [-0.2, -0.15) is 0 Å². The van der Waals surface area contributed by atoms with Gasteiger partial charge in [0.15, 0.2) is 0 Å². The van der Waals surface area contributed by atoms with Crippen LogP contribution in [0.3, 0.4) is 0 Å². The zero-order valence-electron chi connectivity index (χ0n) is 9.98. The van der Waals surface area contributed by atoms with Crippen LogP contribution in [-0.4, -0.2) is 36.3 Å². The molecule has 0 saturated heterocycles. The van der Waals surface area contributed by atoms with E-state index in [1.807, 2.05) is 0 Å². The molecule has 0 bridgehead atoms. The van der Waals surface area contributed by atoms with Gasteiger partial charge in [0.05, 0.1) is 24.9 Å². The third-order valence-electron chi connectivity index (χ3n) is 2.52. The molecule has 1 aromatic rings. The Bertz CT molecular complexity index is 388. The van der Waals surface area contributed by atoms with Crippen molar-refractivity contribution in [2.24, 2.45) is 0 Å². The highest BCUT2D eigenvalue weighted by Gasteiger charge is 2.15. The summed E-state index contributed by atoms with van der Waals surface area (Å²) in [4.78, 5) is 1.40. The fourth-order valence-corrected chi connectivity index (χ4v) is 2.28. The van der Waals surface area contributed by atoms with Gasteiger partial charge in [0, 0.05) is 11.0 Å². The van der Waals surface area contributed by atoms with Crippen molar-refractivity contribution < 1.29 is 19.0 Å². The zero-order valence-corrected chi connectivity index (χ0v) is 11.6. The SMILES string of the molecule is C[C@H](O)c1ccc(N(CCO)CC(F)F)c(Br)c1. The highest BCUT2D eigenvalue weighted by atomic mass is 79.9. The van der Waals surface area contributed by atoms with Crippen molar-refractivity contribution in [3.8, 4) is 0 Å². The van der Waals surface area contributed by atoms with Gasteiger partial charge in [-0.3, -0.25) is 0 Å². The maximum Gasteiger partial charge on any atom is 0.255 e. The van der Waals surface area contributed by atoms with E-state index in [1.54, 1.807) is 25.1 Å². The van der Waals surface area contributed by atoms with E-state index >= 15 is 0 Å². The Hall–Kier alpha value is -0.720. The molecule has 1 rings (SSSR count). The van der Waals surface area contributed by atoms with Crippen molar-refractivity contribution in [3.05, 3.63) is 28.2 Å². The van der Waals surface area contributed by atoms with Crippen molar-refractivity contribution >= 4 is 21.6 Å². The summed E-state index contributed by atoms with van der Waals surface area (Å²) in [6, 6.07) is 5.03. The van der Waals surface area contributed by atoms with Gasteiger partial charge < -0.3 is 15.1 Å². The summed E-state index contributed by atoms with van der Waals surface area (Å²) in [5.74, 6) is 0. The first kappa shape index (κ1) is 15.3. The lowest BCUT2D eigenvalue weighted by atomic mass is 10.1. The van der Waals surface area contributed by atoms with E-state index in [4.69, 9.17) is 5.11 Å². The monoisotopic (exact) mass is 323 g/mol. The fourth-order valence-electron chi connectivity index (χ4n) is 1.64. The van der Waals surface area contributed by atoms with Crippen molar-refractivity contribution in [2.45, 2.75) is 19.5 Å². The summed E-state index contributed by atoms with van der Waals surface area (Å²) in [7, 11) is 0. The van der Waals surface area contributed by atoms with Crippen molar-refractivity contribution in [3.63, 3.8) is 0 Å². The molecule has 6 heteroatoms. The van der Waals surface area contributed by atoms with Gasteiger partial charge in [-0.05, 0) is 40.5 Å². The van der Waals surface area contributed by atoms with E-state index in [0.29, 0.717) is 15.7 Å². The molecule has 0 heterocycles. The van der Waals surface area contributed by atoms with Crippen LogP contribution in [0, 0.1) is 0 Å². The second kappa shape index (κ2) is 7.01. The van der Waals surface area contributed by atoms with Gasteiger partial charge in [0.1, 0.15) is 0 Å². The molecule has 0 aliphatic carbocycles. The van der Waals surface area contributed by atoms with Crippen LogP contribution >= 0.6 is 15.9 Å². The van der Waals surface area contributed by atoms with Gasteiger partial charge in [-0.25, -0.2) is 8.78 Å². The number of hydrogen-bond donors (Lipinski definition) is 2. The van der Waals surface area contributed by atoms with Crippen LogP contribution < -0.4 is 4.90 Å². The lowest BCUT2D eigenvalue weighted by Gasteiger charge is -2.25. The average molecular weight is 324 g/mol. The first-order valence-electron chi connectivity index (χ1n) is 5.57. The molecule has 3 nitrogen and oxygen atoms in total. The first-order chi connectivity index (χ1) is 8.45. The third kappa shape index (κ3) is 4.19. The molecule has 0 amide bonds. The van der Waals surface area contributed by atoms with Crippen molar-refractivity contribution in [1.82, 2.24) is 0 Å². The average Bonchev–Trinajstić information content (AvgIpc) is 2.27. The van der Waals surface area contributed by atoms with E-state index in [9.17, 15) is 13.9 Å². The molecule has 0 spiro atoms. The Morgan fingerprint density at radius 2 is 2.06 bits per heavy atom. The normalized spacial score (nSPS) is 12.8. The molecule has 0 aliphatic rings. The largest absolute Gasteiger partial charge is 0.395 e. The number of nitrogens with zero attached hydrogens (tertiary/aromatic N) is 1. The van der Waals surface area contributed by atoms with Crippen LogP contribution in [0.1, 0.15) is 18.6 Å². The standard InChI is InChI=1S/C12H16BrF2NO2/c1-8(18)9-2-3-11(10(13)6-9)16(4-5-17)7-12(14)15/h2-3,6,8,12,17-18H,4-5,7H2,1H3/t8-/m0/s1. The number of aliphatic hydroxyl groups is 2. The van der Waals surface area contributed by atoms with Gasteiger partial charge in [0.2, 0.25) is 0 Å². The smallest absolute Gasteiger partial charge is 0.255 e. The summed E-state index contributed by atoms with van der Waals surface area (Å²) in [6.07, 6.45) is -3.09. The summed E-state index contributed by atoms with van der Waals surface area (Å²) in [5, 5.41) is 18.3. The Morgan fingerprint density at radius 1 is 1.39 bits per heavy atom. The highest BCUT2D eigenvalue weighted by Crippen LogP contribution is 2.29. The minimum Gasteiger partial charge on any atom is -0.395 e. The molecule has 0 saturated carbocycles. The topological polar surface area (TPSA) is 43.7 Å². The Kier molecular flexibility index (Phi) is 5.98. The van der Waals surface area contributed by atoms with Gasteiger partial charge in [-0.1, -0.05) is 6.07 Å². The molecule has 0 radical (unpaired) electrons. The quantitative estimate of drug-likeness (QED) is 0.845. The van der Waals surface area contributed by atoms with Crippen molar-refractivity contribution in [1.29, 1.82) is 0 Å². The number of hydrogen-bond acceptors (Lipinski definition) is 3. The van der Waals surface area contributed by atoms with E-state index < -0.39 is 19.1 Å². The third-order valence-corrected chi connectivity index (χ3v) is 3.16. The predicted molar refractivity (Wildman–Crippen MR) is 70.1 cm³/mol. The second-order valence-corrected chi connectivity index (χ2v) is 4.80. The lowest BCUT2D eigenvalue weighted by Crippen LogP contribution is -2.31. The first-order valence-corrected chi connectivity index (χ1v) is 6.36. The lowest BCUT2D eigenvalue weighted by molar-refractivity contribution is 0.152. The molecule has 0 aliphatic heterocycles. The number of rotatable bonds is 6. The van der Waals surface area contributed by atoms with Crippen LogP contribution in [0.25, 0.3) is 0 Å². The zero-order chi connectivity index (χ0) is 13.7.